The molecule has 206 valence electrons. The first kappa shape index (κ1) is 28.3. The molecule has 1 fully saturated rings. The topological polar surface area (TPSA) is 108 Å². The Morgan fingerprint density at radius 2 is 1.82 bits per heavy atom. The fourth-order valence-electron chi connectivity index (χ4n) is 4.62. The molecule has 2 heterocycles. The van der Waals surface area contributed by atoms with Crippen LogP contribution in [0.25, 0.3) is 5.69 Å². The second-order valence-corrected chi connectivity index (χ2v) is 11.1. The van der Waals surface area contributed by atoms with E-state index >= 15 is 0 Å². The van der Waals surface area contributed by atoms with Crippen LogP contribution in [-0.2, 0) is 27.5 Å². The molecular formula is C26H25F4N5O3S. The third-order valence-corrected chi connectivity index (χ3v) is 8.46. The minimum absolute atomic E-state index is 0.0405. The third kappa shape index (κ3) is 6.12. The van der Waals surface area contributed by atoms with Gasteiger partial charge in [0, 0.05) is 24.8 Å². The van der Waals surface area contributed by atoms with Crippen molar-refractivity contribution in [2.45, 2.75) is 49.8 Å². The van der Waals surface area contributed by atoms with Gasteiger partial charge >= 0.3 is 6.18 Å². The van der Waals surface area contributed by atoms with Crippen LogP contribution in [0.1, 0.15) is 43.0 Å². The fraction of sp³-hybridized carbons (Fsp3) is 0.346. The predicted octanol–water partition coefficient (Wildman–Crippen LogP) is 4.40. The summed E-state index contributed by atoms with van der Waals surface area (Å²) in [5.74, 6) is -1.19. The first-order valence-electron chi connectivity index (χ1n) is 12.2. The summed E-state index contributed by atoms with van der Waals surface area (Å²) in [5, 5.41) is 16.3. The van der Waals surface area contributed by atoms with Gasteiger partial charge in [-0.2, -0.15) is 27.8 Å². The minimum atomic E-state index is -4.50. The molecule has 39 heavy (non-hydrogen) atoms. The Balaban J connectivity index is 1.52. The zero-order valence-electron chi connectivity index (χ0n) is 20.8. The van der Waals surface area contributed by atoms with E-state index in [1.807, 2.05) is 13.0 Å². The smallest absolute Gasteiger partial charge is 0.350 e. The van der Waals surface area contributed by atoms with Crippen molar-refractivity contribution in [2.75, 3.05) is 6.54 Å². The maximum atomic E-state index is 13.4. The minimum Gasteiger partial charge on any atom is -0.350 e. The monoisotopic (exact) mass is 563 g/mol. The zero-order valence-corrected chi connectivity index (χ0v) is 21.6. The number of hydrogen-bond donors (Lipinski definition) is 1. The number of nitrogens with one attached hydrogen (secondary N) is 1. The van der Waals surface area contributed by atoms with Crippen LogP contribution in [0.15, 0.2) is 59.6 Å². The molecule has 0 bridgehead atoms. The third-order valence-electron chi connectivity index (χ3n) is 6.57. The van der Waals surface area contributed by atoms with E-state index in [0.29, 0.717) is 12.0 Å². The Kier molecular flexibility index (Phi) is 8.08. The van der Waals surface area contributed by atoms with E-state index in [4.69, 9.17) is 0 Å². The van der Waals surface area contributed by atoms with Gasteiger partial charge in [-0.15, -0.1) is 0 Å². The number of carbonyl (C=O) groups is 1. The van der Waals surface area contributed by atoms with Crippen LogP contribution in [0.2, 0.25) is 0 Å². The largest absolute Gasteiger partial charge is 0.416 e. The molecule has 0 saturated carbocycles. The van der Waals surface area contributed by atoms with Gasteiger partial charge in [0.15, 0.2) is 5.69 Å². The zero-order chi connectivity index (χ0) is 28.4. The van der Waals surface area contributed by atoms with Crippen molar-refractivity contribution in [3.8, 4) is 11.8 Å². The molecule has 1 amide bonds. The molecule has 1 N–H and O–H groups in total. The SMILES string of the molecule is CCCC1CC(C(=O)NCc2cn(-c3ccc(C(F)(F)F)cc3)nc2C#N)N(S(=O)(=O)c2ccc(F)cc2)C1. The number of aromatic nitrogens is 2. The first-order valence-corrected chi connectivity index (χ1v) is 13.6. The van der Waals surface area contributed by atoms with Crippen molar-refractivity contribution >= 4 is 15.9 Å². The number of amides is 1. The van der Waals surface area contributed by atoms with Crippen LogP contribution in [0, 0.1) is 23.1 Å². The molecule has 1 aliphatic rings. The summed E-state index contributed by atoms with van der Waals surface area (Å²) in [6, 6.07) is 9.50. The van der Waals surface area contributed by atoms with Crippen molar-refractivity contribution in [3.63, 3.8) is 0 Å². The highest BCUT2D eigenvalue weighted by Gasteiger charge is 2.43. The van der Waals surface area contributed by atoms with Gasteiger partial charge in [0.25, 0.3) is 0 Å². The van der Waals surface area contributed by atoms with E-state index in [-0.39, 0.29) is 35.3 Å². The van der Waals surface area contributed by atoms with Gasteiger partial charge < -0.3 is 5.32 Å². The molecule has 4 rings (SSSR count). The van der Waals surface area contributed by atoms with Crippen molar-refractivity contribution in [2.24, 2.45) is 5.92 Å². The molecule has 3 aromatic rings. The van der Waals surface area contributed by atoms with Crippen molar-refractivity contribution in [1.29, 1.82) is 5.26 Å². The summed E-state index contributed by atoms with van der Waals surface area (Å²) in [6.45, 7) is 1.95. The Morgan fingerprint density at radius 1 is 1.15 bits per heavy atom. The number of halogens is 4. The van der Waals surface area contributed by atoms with Crippen LogP contribution >= 0.6 is 0 Å². The van der Waals surface area contributed by atoms with Crippen LogP contribution in [0.5, 0.6) is 0 Å². The number of carbonyl (C=O) groups excluding carboxylic acids is 1. The van der Waals surface area contributed by atoms with Gasteiger partial charge in [0.2, 0.25) is 15.9 Å². The maximum Gasteiger partial charge on any atom is 0.416 e. The lowest BCUT2D eigenvalue weighted by Gasteiger charge is -2.23. The highest BCUT2D eigenvalue weighted by atomic mass is 32.2. The summed E-state index contributed by atoms with van der Waals surface area (Å²) in [5.41, 5.74) is -0.278. The maximum absolute atomic E-state index is 13.4. The number of sulfonamides is 1. The lowest BCUT2D eigenvalue weighted by Crippen LogP contribution is -2.45. The Morgan fingerprint density at radius 3 is 2.41 bits per heavy atom. The fourth-order valence-corrected chi connectivity index (χ4v) is 6.30. The highest BCUT2D eigenvalue weighted by Crippen LogP contribution is 2.33. The summed E-state index contributed by atoms with van der Waals surface area (Å²) in [6.07, 6.45) is -1.25. The molecule has 13 heteroatoms. The summed E-state index contributed by atoms with van der Waals surface area (Å²) in [7, 11) is -4.09. The first-order chi connectivity index (χ1) is 18.4. The van der Waals surface area contributed by atoms with Crippen LogP contribution < -0.4 is 5.32 Å². The predicted molar refractivity (Wildman–Crippen MR) is 132 cm³/mol. The molecule has 0 radical (unpaired) electrons. The number of benzene rings is 2. The normalized spacial score (nSPS) is 18.2. The summed E-state index contributed by atoms with van der Waals surface area (Å²) in [4.78, 5) is 13.1. The number of nitrogens with zero attached hydrogens (tertiary/aromatic N) is 4. The van der Waals surface area contributed by atoms with Crippen molar-refractivity contribution < 1.29 is 30.8 Å². The molecule has 0 aliphatic carbocycles. The van der Waals surface area contributed by atoms with Crippen LogP contribution in [0.4, 0.5) is 17.6 Å². The van der Waals surface area contributed by atoms with Gasteiger partial charge in [0.1, 0.15) is 17.9 Å². The molecule has 2 unspecified atom stereocenters. The van der Waals surface area contributed by atoms with Crippen LogP contribution in [-0.4, -0.2) is 41.0 Å². The standard InChI is InChI=1S/C26H25F4N5O3S/c1-2-3-17-12-24(35(15-17)39(37,38)22-10-6-20(27)7-11-22)25(36)32-14-18-16-34(33-23(18)13-31)21-8-4-19(5-9-21)26(28,29)30/h4-11,16-17,24H,2-3,12,14-15H2,1H3,(H,32,36). The lowest BCUT2D eigenvalue weighted by molar-refractivity contribution is -0.137. The molecular weight excluding hydrogens is 538 g/mol. The van der Waals surface area contributed by atoms with Gasteiger partial charge in [-0.25, -0.2) is 17.5 Å². The molecule has 8 nitrogen and oxygen atoms in total. The number of alkyl halides is 3. The van der Waals surface area contributed by atoms with Crippen molar-refractivity contribution in [3.05, 3.63) is 77.4 Å². The van der Waals surface area contributed by atoms with E-state index in [1.54, 1.807) is 0 Å². The summed E-state index contributed by atoms with van der Waals surface area (Å²) < 4.78 is 81.0. The van der Waals surface area contributed by atoms with E-state index in [0.717, 1.165) is 53.5 Å². The molecule has 2 atom stereocenters. The summed E-state index contributed by atoms with van der Waals surface area (Å²) >= 11 is 0. The number of rotatable bonds is 8. The number of nitriles is 1. The Bertz CT molecular complexity index is 1480. The quantitative estimate of drug-likeness (QED) is 0.409. The van der Waals surface area contributed by atoms with E-state index in [1.165, 1.54) is 23.0 Å². The second kappa shape index (κ2) is 11.2. The molecule has 0 spiro atoms. The molecule has 1 aromatic heterocycles. The lowest BCUT2D eigenvalue weighted by atomic mass is 10.0. The molecule has 1 saturated heterocycles. The van der Waals surface area contributed by atoms with Gasteiger partial charge in [-0.05, 0) is 67.3 Å². The van der Waals surface area contributed by atoms with Crippen LogP contribution in [0.3, 0.4) is 0 Å². The molecule has 2 aromatic carbocycles. The van der Waals surface area contributed by atoms with E-state index in [9.17, 15) is 36.0 Å². The van der Waals surface area contributed by atoms with Gasteiger partial charge in [0.05, 0.1) is 16.1 Å². The van der Waals surface area contributed by atoms with E-state index in [2.05, 4.69) is 10.4 Å². The Hall–Kier alpha value is -3.76. The average Bonchev–Trinajstić information content (AvgIpc) is 3.52. The average molecular weight is 564 g/mol. The van der Waals surface area contributed by atoms with Gasteiger partial charge in [-0.1, -0.05) is 13.3 Å². The highest BCUT2D eigenvalue weighted by molar-refractivity contribution is 7.89. The second-order valence-electron chi connectivity index (χ2n) is 9.26. The van der Waals surface area contributed by atoms with E-state index < -0.39 is 39.5 Å². The molecule has 1 aliphatic heterocycles. The van der Waals surface area contributed by atoms with Gasteiger partial charge in [-0.3, -0.25) is 4.79 Å². The van der Waals surface area contributed by atoms with Crippen molar-refractivity contribution in [1.82, 2.24) is 19.4 Å². The number of hydrogen-bond acceptors (Lipinski definition) is 5. The Labute approximate surface area is 222 Å².